The van der Waals surface area contributed by atoms with Gasteiger partial charge in [-0.15, -0.1) is 0 Å². The Hall–Kier alpha value is -2.08. The highest BCUT2D eigenvalue weighted by Gasteiger charge is 2.27. The van der Waals surface area contributed by atoms with E-state index in [4.69, 9.17) is 17.3 Å². The number of halogens is 1. The smallest absolute Gasteiger partial charge is 0.244 e. The average Bonchev–Trinajstić information content (AvgIpc) is 2.38. The van der Waals surface area contributed by atoms with Gasteiger partial charge in [0.15, 0.2) is 0 Å². The third-order valence-corrected chi connectivity index (χ3v) is 3.28. The van der Waals surface area contributed by atoms with Crippen LogP contribution in [0.4, 0.5) is 11.4 Å². The predicted molar refractivity (Wildman–Crippen MR) is 75.1 cm³/mol. The summed E-state index contributed by atoms with van der Waals surface area (Å²) < 4.78 is 0. The molecule has 0 radical (unpaired) electrons. The zero-order valence-corrected chi connectivity index (χ0v) is 11.4. The van der Waals surface area contributed by atoms with Crippen LogP contribution in [0.15, 0.2) is 18.2 Å². The molecule has 7 heteroatoms. The normalized spacial score (nSPS) is 15.3. The highest BCUT2D eigenvalue weighted by Crippen LogP contribution is 2.24. The summed E-state index contributed by atoms with van der Waals surface area (Å²) >= 11 is 5.92. The molecule has 0 aliphatic carbocycles. The number of imide groups is 1. The quantitative estimate of drug-likeness (QED) is 0.651. The first-order chi connectivity index (χ1) is 9.47. The number of nitrogen functional groups attached to an aromatic ring is 1. The first-order valence-electron chi connectivity index (χ1n) is 6.15. The molecule has 1 aliphatic heterocycles. The molecule has 0 saturated carbocycles. The van der Waals surface area contributed by atoms with E-state index in [0.29, 0.717) is 22.8 Å². The van der Waals surface area contributed by atoms with Gasteiger partial charge in [0, 0.05) is 18.5 Å². The van der Waals surface area contributed by atoms with E-state index in [1.165, 1.54) is 6.07 Å². The maximum atomic E-state index is 11.9. The molecule has 3 amide bonds. The maximum Gasteiger partial charge on any atom is 0.244 e. The van der Waals surface area contributed by atoms with E-state index in [2.05, 4.69) is 5.32 Å². The highest BCUT2D eigenvalue weighted by atomic mass is 35.5. The Morgan fingerprint density at radius 3 is 2.60 bits per heavy atom. The minimum absolute atomic E-state index is 0.290. The van der Waals surface area contributed by atoms with Crippen molar-refractivity contribution < 1.29 is 14.4 Å². The van der Waals surface area contributed by atoms with Gasteiger partial charge in [0.05, 0.1) is 10.7 Å². The summed E-state index contributed by atoms with van der Waals surface area (Å²) in [4.78, 5) is 36.0. The fourth-order valence-electron chi connectivity index (χ4n) is 1.95. The number of benzene rings is 1. The van der Waals surface area contributed by atoms with E-state index >= 15 is 0 Å². The predicted octanol–water partition coefficient (Wildman–Crippen LogP) is 1.40. The highest BCUT2D eigenvalue weighted by molar-refractivity contribution is 6.33. The first kappa shape index (κ1) is 14.3. The average molecular weight is 296 g/mol. The lowest BCUT2D eigenvalue weighted by Gasteiger charge is -2.24. The SMILES string of the molecule is Nc1ccc(Cl)c(NC(=O)CN2C(=O)CCCC2=O)c1. The number of rotatable bonds is 3. The summed E-state index contributed by atoms with van der Waals surface area (Å²) in [5.41, 5.74) is 6.41. The Labute approximate surface area is 120 Å². The van der Waals surface area contributed by atoms with Crippen LogP contribution < -0.4 is 11.1 Å². The Kier molecular flexibility index (Phi) is 4.24. The largest absolute Gasteiger partial charge is 0.399 e. The molecule has 0 atom stereocenters. The summed E-state index contributed by atoms with van der Waals surface area (Å²) in [6, 6.07) is 4.68. The van der Waals surface area contributed by atoms with Crippen molar-refractivity contribution in [2.45, 2.75) is 19.3 Å². The molecule has 1 saturated heterocycles. The van der Waals surface area contributed by atoms with Crippen molar-refractivity contribution in [3.63, 3.8) is 0 Å². The van der Waals surface area contributed by atoms with Crippen LogP contribution in [0.25, 0.3) is 0 Å². The van der Waals surface area contributed by atoms with Crippen LogP contribution in [-0.2, 0) is 14.4 Å². The van der Waals surface area contributed by atoms with Gasteiger partial charge in [-0.1, -0.05) is 11.6 Å². The summed E-state index contributed by atoms with van der Waals surface area (Å²) in [7, 11) is 0. The van der Waals surface area contributed by atoms with E-state index in [1.807, 2.05) is 0 Å². The van der Waals surface area contributed by atoms with Crippen molar-refractivity contribution in [3.05, 3.63) is 23.2 Å². The second-order valence-corrected chi connectivity index (χ2v) is 4.92. The van der Waals surface area contributed by atoms with Crippen molar-refractivity contribution in [3.8, 4) is 0 Å². The molecule has 1 aromatic rings. The second kappa shape index (κ2) is 5.92. The van der Waals surface area contributed by atoms with Crippen LogP contribution in [-0.4, -0.2) is 29.2 Å². The van der Waals surface area contributed by atoms with Crippen LogP contribution >= 0.6 is 11.6 Å². The number of amides is 3. The monoisotopic (exact) mass is 295 g/mol. The summed E-state index contributed by atoms with van der Waals surface area (Å²) in [6.07, 6.45) is 1.12. The minimum Gasteiger partial charge on any atom is -0.399 e. The summed E-state index contributed by atoms with van der Waals surface area (Å²) in [6.45, 7) is -0.303. The fraction of sp³-hybridized carbons (Fsp3) is 0.308. The topological polar surface area (TPSA) is 92.5 Å². The van der Waals surface area contributed by atoms with Crippen molar-refractivity contribution in [2.24, 2.45) is 0 Å². The molecule has 0 spiro atoms. The van der Waals surface area contributed by atoms with E-state index in [9.17, 15) is 14.4 Å². The molecule has 0 unspecified atom stereocenters. The number of nitrogens with one attached hydrogen (secondary N) is 1. The zero-order valence-electron chi connectivity index (χ0n) is 10.7. The molecule has 20 heavy (non-hydrogen) atoms. The zero-order chi connectivity index (χ0) is 14.7. The Balaban J connectivity index is 2.03. The molecular weight excluding hydrogens is 282 g/mol. The Morgan fingerprint density at radius 2 is 1.95 bits per heavy atom. The van der Waals surface area contributed by atoms with Gasteiger partial charge >= 0.3 is 0 Å². The Morgan fingerprint density at radius 1 is 1.30 bits per heavy atom. The van der Waals surface area contributed by atoms with Crippen LogP contribution in [0.3, 0.4) is 0 Å². The lowest BCUT2D eigenvalue weighted by atomic mass is 10.1. The molecule has 3 N–H and O–H groups in total. The number of nitrogens with zero attached hydrogens (tertiary/aromatic N) is 1. The number of hydrogen-bond donors (Lipinski definition) is 2. The van der Waals surface area contributed by atoms with Gasteiger partial charge in [-0.05, 0) is 24.6 Å². The van der Waals surface area contributed by atoms with Crippen molar-refractivity contribution in [2.75, 3.05) is 17.6 Å². The van der Waals surface area contributed by atoms with Gasteiger partial charge in [-0.3, -0.25) is 19.3 Å². The number of piperidine rings is 1. The molecule has 2 rings (SSSR count). The van der Waals surface area contributed by atoms with Crippen molar-refractivity contribution in [1.29, 1.82) is 0 Å². The molecule has 6 nitrogen and oxygen atoms in total. The molecule has 1 fully saturated rings. The second-order valence-electron chi connectivity index (χ2n) is 4.51. The van der Waals surface area contributed by atoms with Crippen LogP contribution in [0.1, 0.15) is 19.3 Å². The number of anilines is 2. The van der Waals surface area contributed by atoms with E-state index in [0.717, 1.165) is 4.90 Å². The number of hydrogen-bond acceptors (Lipinski definition) is 4. The molecule has 1 heterocycles. The maximum absolute atomic E-state index is 11.9. The van der Waals surface area contributed by atoms with Gasteiger partial charge in [-0.2, -0.15) is 0 Å². The van der Waals surface area contributed by atoms with Gasteiger partial charge in [-0.25, -0.2) is 0 Å². The van der Waals surface area contributed by atoms with Gasteiger partial charge in [0.1, 0.15) is 6.54 Å². The molecule has 1 aliphatic rings. The van der Waals surface area contributed by atoms with E-state index in [1.54, 1.807) is 12.1 Å². The van der Waals surface area contributed by atoms with Gasteiger partial charge in [0.2, 0.25) is 17.7 Å². The third kappa shape index (κ3) is 3.27. The van der Waals surface area contributed by atoms with Crippen LogP contribution in [0.5, 0.6) is 0 Å². The Bertz CT molecular complexity index is 558. The standard InChI is InChI=1S/C13H14ClN3O3/c14-9-5-4-8(15)6-10(9)16-11(18)7-17-12(19)2-1-3-13(17)20/h4-6H,1-3,7,15H2,(H,16,18). The van der Waals surface area contributed by atoms with Crippen molar-refractivity contribution >= 4 is 40.7 Å². The molecule has 106 valence electrons. The lowest BCUT2D eigenvalue weighted by Crippen LogP contribution is -2.44. The molecule has 1 aromatic carbocycles. The van der Waals surface area contributed by atoms with Crippen molar-refractivity contribution in [1.82, 2.24) is 4.90 Å². The van der Waals surface area contributed by atoms with Gasteiger partial charge in [0.25, 0.3) is 0 Å². The van der Waals surface area contributed by atoms with E-state index < -0.39 is 5.91 Å². The van der Waals surface area contributed by atoms with Crippen LogP contribution in [0.2, 0.25) is 5.02 Å². The number of carbonyl (C=O) groups excluding carboxylic acids is 3. The first-order valence-corrected chi connectivity index (χ1v) is 6.53. The molecule has 0 aromatic heterocycles. The molecular formula is C13H14ClN3O3. The number of nitrogens with two attached hydrogens (primary N) is 1. The van der Waals surface area contributed by atoms with E-state index in [-0.39, 0.29) is 31.2 Å². The number of likely N-dealkylation sites (tertiary alicyclic amines) is 1. The minimum atomic E-state index is -0.485. The lowest BCUT2D eigenvalue weighted by molar-refractivity contribution is -0.150. The van der Waals surface area contributed by atoms with Gasteiger partial charge < -0.3 is 11.1 Å². The van der Waals surface area contributed by atoms with Crippen LogP contribution in [0, 0.1) is 0 Å². The fourth-order valence-corrected chi connectivity index (χ4v) is 2.11. The summed E-state index contributed by atoms with van der Waals surface area (Å²) in [5.74, 6) is -1.13. The third-order valence-electron chi connectivity index (χ3n) is 2.95. The summed E-state index contributed by atoms with van der Waals surface area (Å²) in [5, 5.41) is 2.88. The number of carbonyl (C=O) groups is 3. The molecule has 0 bridgehead atoms.